The van der Waals surface area contributed by atoms with Gasteiger partial charge in [0.15, 0.2) is 0 Å². The molecule has 0 atom stereocenters. The topological polar surface area (TPSA) is 74.3 Å². The molecule has 3 aromatic rings. The maximum absolute atomic E-state index is 12.5. The fourth-order valence-corrected chi connectivity index (χ4v) is 4.72. The number of piperidine rings is 1. The fourth-order valence-electron chi connectivity index (χ4n) is 3.90. The van der Waals surface area contributed by atoms with Crippen molar-refractivity contribution in [2.75, 3.05) is 25.0 Å². The summed E-state index contributed by atoms with van der Waals surface area (Å²) in [6.45, 7) is 4.02. The number of aryl methyl sites for hydroxylation is 1. The summed E-state index contributed by atoms with van der Waals surface area (Å²) in [4.78, 5) is 31.5. The molecule has 2 N–H and O–H groups in total. The second kappa shape index (κ2) is 10.5. The minimum atomic E-state index is -0.00775. The van der Waals surface area contributed by atoms with E-state index in [4.69, 9.17) is 0 Å². The summed E-state index contributed by atoms with van der Waals surface area (Å²) in [7, 11) is 0. The Labute approximate surface area is 192 Å². The highest BCUT2D eigenvalue weighted by molar-refractivity contribution is 7.13. The normalized spacial score (nSPS) is 14.8. The molecule has 2 amide bonds. The first-order valence-corrected chi connectivity index (χ1v) is 11.8. The second-order valence-corrected chi connectivity index (χ2v) is 9.08. The number of anilines is 1. The standard InChI is InChI=1S/C25H28N4O2S/c1-18-6-5-7-19(14-18)25-28-22(17-32-25)15-23(30)26-21-10-12-29(13-11-21)16-24(31)27-20-8-3-2-4-9-20/h2-9,14,17,21H,10-13,15-16H2,1H3,(H,26,30)(H,27,31). The average Bonchev–Trinajstić information content (AvgIpc) is 3.24. The number of nitrogens with one attached hydrogen (secondary N) is 2. The quantitative estimate of drug-likeness (QED) is 0.575. The van der Waals surface area contributed by atoms with Crippen LogP contribution in [0, 0.1) is 6.92 Å². The largest absolute Gasteiger partial charge is 0.353 e. The van der Waals surface area contributed by atoms with E-state index in [2.05, 4.69) is 39.6 Å². The Hall–Kier alpha value is -3.03. The number of aromatic nitrogens is 1. The fraction of sp³-hybridized carbons (Fsp3) is 0.320. The molecule has 1 aliphatic rings. The van der Waals surface area contributed by atoms with Crippen molar-refractivity contribution in [2.24, 2.45) is 0 Å². The van der Waals surface area contributed by atoms with Crippen molar-refractivity contribution in [1.82, 2.24) is 15.2 Å². The lowest BCUT2D eigenvalue weighted by molar-refractivity contribution is -0.122. The van der Waals surface area contributed by atoms with Gasteiger partial charge in [-0.1, -0.05) is 42.0 Å². The zero-order valence-corrected chi connectivity index (χ0v) is 19.0. The van der Waals surface area contributed by atoms with Crippen molar-refractivity contribution >= 4 is 28.8 Å². The summed E-state index contributed by atoms with van der Waals surface area (Å²) < 4.78 is 0. The van der Waals surface area contributed by atoms with Gasteiger partial charge in [0.1, 0.15) is 5.01 Å². The molecule has 1 saturated heterocycles. The molecule has 0 unspecified atom stereocenters. The number of para-hydroxylation sites is 1. The number of likely N-dealkylation sites (tertiary alicyclic amines) is 1. The van der Waals surface area contributed by atoms with Gasteiger partial charge in [-0.3, -0.25) is 14.5 Å². The minimum absolute atomic E-state index is 0.00589. The number of thiazole rings is 1. The molecule has 0 spiro atoms. The molecule has 7 heteroatoms. The molecule has 166 valence electrons. The highest BCUT2D eigenvalue weighted by Gasteiger charge is 2.22. The van der Waals surface area contributed by atoms with Crippen LogP contribution in [0.2, 0.25) is 0 Å². The van der Waals surface area contributed by atoms with Gasteiger partial charge in [0.2, 0.25) is 11.8 Å². The van der Waals surface area contributed by atoms with Crippen molar-refractivity contribution in [2.45, 2.75) is 32.2 Å². The zero-order valence-electron chi connectivity index (χ0n) is 18.2. The summed E-state index contributed by atoms with van der Waals surface area (Å²) in [6, 6.07) is 17.9. The molecule has 1 aliphatic heterocycles. The molecule has 2 aromatic carbocycles. The highest BCUT2D eigenvalue weighted by Crippen LogP contribution is 2.24. The van der Waals surface area contributed by atoms with E-state index < -0.39 is 0 Å². The Kier molecular flexibility index (Phi) is 7.29. The van der Waals surface area contributed by atoms with Crippen LogP contribution < -0.4 is 10.6 Å². The van der Waals surface area contributed by atoms with Crippen LogP contribution in [-0.2, 0) is 16.0 Å². The molecule has 0 radical (unpaired) electrons. The van der Waals surface area contributed by atoms with Crippen LogP contribution in [0.3, 0.4) is 0 Å². The van der Waals surface area contributed by atoms with E-state index in [1.54, 1.807) is 11.3 Å². The number of hydrogen-bond donors (Lipinski definition) is 2. The first-order valence-electron chi connectivity index (χ1n) is 10.9. The first kappa shape index (κ1) is 22.2. The molecule has 0 aliphatic carbocycles. The van der Waals surface area contributed by atoms with Crippen LogP contribution in [0.5, 0.6) is 0 Å². The van der Waals surface area contributed by atoms with E-state index in [-0.39, 0.29) is 17.9 Å². The van der Waals surface area contributed by atoms with E-state index in [1.165, 1.54) is 5.56 Å². The predicted octanol–water partition coefficient (Wildman–Crippen LogP) is 3.88. The third kappa shape index (κ3) is 6.24. The molecule has 2 heterocycles. The Morgan fingerprint density at radius 2 is 1.84 bits per heavy atom. The minimum Gasteiger partial charge on any atom is -0.353 e. The van der Waals surface area contributed by atoms with E-state index in [1.807, 2.05) is 47.8 Å². The maximum atomic E-state index is 12.5. The third-order valence-electron chi connectivity index (χ3n) is 5.54. The molecular formula is C25H28N4O2S. The van der Waals surface area contributed by atoms with Gasteiger partial charge in [0, 0.05) is 35.8 Å². The molecule has 4 rings (SSSR count). The van der Waals surface area contributed by atoms with Crippen LogP contribution in [-0.4, -0.2) is 47.4 Å². The summed E-state index contributed by atoms with van der Waals surface area (Å²) in [6.07, 6.45) is 1.98. The highest BCUT2D eigenvalue weighted by atomic mass is 32.1. The van der Waals surface area contributed by atoms with E-state index >= 15 is 0 Å². The van der Waals surface area contributed by atoms with Crippen molar-refractivity contribution in [3.8, 4) is 10.6 Å². The number of benzene rings is 2. The lowest BCUT2D eigenvalue weighted by atomic mass is 10.0. The van der Waals surface area contributed by atoms with Crippen LogP contribution in [0.1, 0.15) is 24.1 Å². The molecule has 6 nitrogen and oxygen atoms in total. The van der Waals surface area contributed by atoms with Gasteiger partial charge in [-0.15, -0.1) is 11.3 Å². The van der Waals surface area contributed by atoms with Crippen molar-refractivity contribution in [1.29, 1.82) is 0 Å². The monoisotopic (exact) mass is 448 g/mol. The van der Waals surface area contributed by atoms with E-state index in [0.29, 0.717) is 13.0 Å². The predicted molar refractivity (Wildman–Crippen MR) is 129 cm³/mol. The van der Waals surface area contributed by atoms with Gasteiger partial charge < -0.3 is 10.6 Å². The van der Waals surface area contributed by atoms with Crippen LogP contribution in [0.15, 0.2) is 60.0 Å². The van der Waals surface area contributed by atoms with Gasteiger partial charge in [-0.2, -0.15) is 0 Å². The van der Waals surface area contributed by atoms with Gasteiger partial charge in [-0.25, -0.2) is 4.98 Å². The zero-order chi connectivity index (χ0) is 22.3. The van der Waals surface area contributed by atoms with Gasteiger partial charge in [-0.05, 0) is 38.0 Å². The van der Waals surface area contributed by atoms with Crippen LogP contribution in [0.4, 0.5) is 5.69 Å². The molecular weight excluding hydrogens is 420 g/mol. The molecule has 32 heavy (non-hydrogen) atoms. The lowest BCUT2D eigenvalue weighted by Crippen LogP contribution is -2.46. The Balaban J connectivity index is 1.20. The van der Waals surface area contributed by atoms with Crippen molar-refractivity contribution in [3.05, 3.63) is 71.2 Å². The number of rotatable bonds is 7. The maximum Gasteiger partial charge on any atom is 0.238 e. The van der Waals surface area contributed by atoms with Gasteiger partial charge >= 0.3 is 0 Å². The van der Waals surface area contributed by atoms with E-state index in [0.717, 1.165) is 47.9 Å². The van der Waals surface area contributed by atoms with E-state index in [9.17, 15) is 9.59 Å². The molecule has 1 aromatic heterocycles. The van der Waals surface area contributed by atoms with Crippen molar-refractivity contribution < 1.29 is 9.59 Å². The Morgan fingerprint density at radius 3 is 2.59 bits per heavy atom. The smallest absolute Gasteiger partial charge is 0.238 e. The molecule has 0 saturated carbocycles. The summed E-state index contributed by atoms with van der Waals surface area (Å²) in [5, 5.41) is 8.96. The Morgan fingerprint density at radius 1 is 1.06 bits per heavy atom. The van der Waals surface area contributed by atoms with Crippen LogP contribution >= 0.6 is 11.3 Å². The number of carbonyl (C=O) groups is 2. The summed E-state index contributed by atoms with van der Waals surface area (Å²) >= 11 is 1.57. The lowest BCUT2D eigenvalue weighted by Gasteiger charge is -2.31. The average molecular weight is 449 g/mol. The SMILES string of the molecule is Cc1cccc(-c2nc(CC(=O)NC3CCN(CC(=O)Nc4ccccc4)CC3)cs2)c1. The molecule has 0 bridgehead atoms. The van der Waals surface area contributed by atoms with Gasteiger partial charge in [0.05, 0.1) is 18.7 Å². The van der Waals surface area contributed by atoms with Gasteiger partial charge in [0.25, 0.3) is 0 Å². The number of amides is 2. The molecule has 1 fully saturated rings. The number of hydrogen-bond acceptors (Lipinski definition) is 5. The third-order valence-corrected chi connectivity index (χ3v) is 6.48. The summed E-state index contributed by atoms with van der Waals surface area (Å²) in [5.74, 6) is -0.00186. The number of carbonyl (C=O) groups excluding carboxylic acids is 2. The number of nitrogens with zero attached hydrogens (tertiary/aromatic N) is 2. The second-order valence-electron chi connectivity index (χ2n) is 8.22. The van der Waals surface area contributed by atoms with Crippen LogP contribution in [0.25, 0.3) is 10.6 Å². The first-order chi connectivity index (χ1) is 15.5. The van der Waals surface area contributed by atoms with Crippen molar-refractivity contribution in [3.63, 3.8) is 0 Å². The summed E-state index contributed by atoms with van der Waals surface area (Å²) in [5.41, 5.74) is 3.90. The Bertz CT molecular complexity index is 1060.